The molecule has 1 saturated heterocycles. The van der Waals surface area contributed by atoms with Gasteiger partial charge < -0.3 is 0 Å². The molecular formula is C18H18N2O2S2. The lowest BCUT2D eigenvalue weighted by molar-refractivity contribution is -0.122. The van der Waals surface area contributed by atoms with Crippen molar-refractivity contribution in [3.8, 4) is 0 Å². The number of para-hydroxylation sites is 1. The van der Waals surface area contributed by atoms with Crippen molar-refractivity contribution in [3.63, 3.8) is 0 Å². The first-order valence-electron chi connectivity index (χ1n) is 7.48. The number of rotatable bonds is 5. The van der Waals surface area contributed by atoms with Gasteiger partial charge in [0, 0.05) is 25.4 Å². The van der Waals surface area contributed by atoms with Crippen LogP contribution in [0.3, 0.4) is 0 Å². The third kappa shape index (κ3) is 4.43. The maximum Gasteiger partial charge on any atom is 0.266 e. The summed E-state index contributed by atoms with van der Waals surface area (Å²) in [7, 11) is 0. The number of hydrogen-bond donors (Lipinski definition) is 0. The number of nitrogens with zero attached hydrogens (tertiary/aromatic N) is 2. The van der Waals surface area contributed by atoms with Crippen LogP contribution in [0.4, 0.5) is 5.69 Å². The highest BCUT2D eigenvalue weighted by Gasteiger charge is 2.29. The molecule has 0 atom stereocenters. The Balaban J connectivity index is 2.04. The third-order valence-corrected chi connectivity index (χ3v) is 4.66. The van der Waals surface area contributed by atoms with E-state index < -0.39 is 0 Å². The Kier molecular flexibility index (Phi) is 6.52. The Morgan fingerprint density at radius 2 is 1.96 bits per heavy atom. The van der Waals surface area contributed by atoms with Crippen molar-refractivity contribution in [1.29, 1.82) is 0 Å². The Morgan fingerprint density at radius 3 is 2.54 bits per heavy atom. The molecule has 0 radical (unpaired) electrons. The van der Waals surface area contributed by atoms with Gasteiger partial charge in [-0.05, 0) is 31.2 Å². The van der Waals surface area contributed by atoms with Crippen molar-refractivity contribution < 1.29 is 9.59 Å². The van der Waals surface area contributed by atoms with Gasteiger partial charge in [0.15, 0.2) is 0 Å². The summed E-state index contributed by atoms with van der Waals surface area (Å²) in [5, 5.41) is 0. The van der Waals surface area contributed by atoms with Crippen molar-refractivity contribution in [2.24, 2.45) is 0 Å². The zero-order valence-corrected chi connectivity index (χ0v) is 15.1. The van der Waals surface area contributed by atoms with E-state index in [4.69, 9.17) is 12.2 Å². The van der Waals surface area contributed by atoms with Gasteiger partial charge in [0.1, 0.15) is 4.32 Å². The smallest absolute Gasteiger partial charge is 0.266 e. The van der Waals surface area contributed by atoms with Crippen LogP contribution in [0, 0.1) is 0 Å². The number of hydrogen-bond acceptors (Lipinski definition) is 4. The van der Waals surface area contributed by atoms with Gasteiger partial charge in [-0.1, -0.05) is 54.3 Å². The maximum absolute atomic E-state index is 12.0. The summed E-state index contributed by atoms with van der Waals surface area (Å²) in [6.45, 7) is 3.99. The van der Waals surface area contributed by atoms with Crippen LogP contribution in [-0.4, -0.2) is 27.6 Å². The number of thiocarbonyl (C=S) groups is 1. The fourth-order valence-electron chi connectivity index (χ4n) is 2.09. The normalized spacial score (nSPS) is 16.8. The minimum Gasteiger partial charge on any atom is -0.293 e. The fraction of sp³-hybridized carbons (Fsp3) is 0.167. The average Bonchev–Trinajstić information content (AvgIpc) is 2.84. The summed E-state index contributed by atoms with van der Waals surface area (Å²) < 4.78 is 0.588. The molecule has 2 amide bonds. The molecule has 0 bridgehead atoms. The van der Waals surface area contributed by atoms with Gasteiger partial charge in [0.2, 0.25) is 5.91 Å². The van der Waals surface area contributed by atoms with E-state index in [0.29, 0.717) is 15.8 Å². The second kappa shape index (κ2) is 8.61. The van der Waals surface area contributed by atoms with Crippen LogP contribution >= 0.6 is 24.0 Å². The largest absolute Gasteiger partial charge is 0.293 e. The molecule has 0 spiro atoms. The number of benzene rings is 1. The number of thioether (sulfide) groups is 1. The van der Waals surface area contributed by atoms with Gasteiger partial charge in [-0.3, -0.25) is 19.4 Å². The van der Waals surface area contributed by atoms with E-state index >= 15 is 0 Å². The highest BCUT2D eigenvalue weighted by atomic mass is 32.2. The molecule has 0 aromatic heterocycles. The molecule has 0 aliphatic carbocycles. The van der Waals surface area contributed by atoms with E-state index in [-0.39, 0.29) is 11.8 Å². The van der Waals surface area contributed by atoms with Gasteiger partial charge in [-0.25, -0.2) is 0 Å². The predicted octanol–water partition coefficient (Wildman–Crippen LogP) is 3.87. The van der Waals surface area contributed by atoms with E-state index in [1.807, 2.05) is 37.3 Å². The van der Waals surface area contributed by atoms with E-state index in [0.717, 1.165) is 5.69 Å². The maximum atomic E-state index is 12.0. The SMILES string of the molecule is CCN1C(=O)C(=CC=CC=CN(C(C)=O)c2ccccc2)SC1=S. The van der Waals surface area contributed by atoms with Crippen LogP contribution in [0.15, 0.2) is 65.7 Å². The van der Waals surface area contributed by atoms with Crippen LogP contribution in [-0.2, 0) is 9.59 Å². The molecule has 6 heteroatoms. The molecule has 1 aromatic carbocycles. The molecule has 0 saturated carbocycles. The zero-order chi connectivity index (χ0) is 17.5. The van der Waals surface area contributed by atoms with Crippen LogP contribution in [0.5, 0.6) is 0 Å². The van der Waals surface area contributed by atoms with Crippen molar-refractivity contribution in [3.05, 3.63) is 65.7 Å². The number of anilines is 1. The number of allylic oxidation sites excluding steroid dienone is 4. The lowest BCUT2D eigenvalue weighted by atomic mass is 10.3. The molecule has 1 fully saturated rings. The number of amides is 2. The molecule has 0 N–H and O–H groups in total. The van der Waals surface area contributed by atoms with E-state index in [1.165, 1.54) is 18.7 Å². The molecule has 1 aromatic rings. The first-order valence-corrected chi connectivity index (χ1v) is 8.70. The fourth-order valence-corrected chi connectivity index (χ4v) is 3.43. The number of carbonyl (C=O) groups excluding carboxylic acids is 2. The standard InChI is InChI=1S/C18H18N2O2S2/c1-3-19-17(22)16(24-18(19)23)12-8-5-9-13-20(14(2)21)15-10-6-4-7-11-15/h4-13H,3H2,1-2H3. The lowest BCUT2D eigenvalue weighted by Crippen LogP contribution is -2.27. The van der Waals surface area contributed by atoms with Gasteiger partial charge in [0.25, 0.3) is 5.91 Å². The summed E-state index contributed by atoms with van der Waals surface area (Å²) in [5.74, 6) is -0.134. The van der Waals surface area contributed by atoms with E-state index in [2.05, 4.69) is 0 Å². The summed E-state index contributed by atoms with van der Waals surface area (Å²) in [6, 6.07) is 9.39. The van der Waals surface area contributed by atoms with Crippen LogP contribution in [0.1, 0.15) is 13.8 Å². The molecule has 24 heavy (non-hydrogen) atoms. The second-order valence-corrected chi connectivity index (χ2v) is 6.58. The minimum atomic E-state index is -0.0744. The summed E-state index contributed by atoms with van der Waals surface area (Å²) in [5.41, 5.74) is 0.804. The Morgan fingerprint density at radius 1 is 1.25 bits per heavy atom. The molecule has 1 heterocycles. The molecule has 4 nitrogen and oxygen atoms in total. The topological polar surface area (TPSA) is 40.6 Å². The predicted molar refractivity (Wildman–Crippen MR) is 104 cm³/mol. The van der Waals surface area contributed by atoms with Crippen LogP contribution < -0.4 is 4.90 Å². The molecule has 1 aliphatic heterocycles. The van der Waals surface area contributed by atoms with Gasteiger partial charge in [0.05, 0.1) is 4.91 Å². The highest BCUT2D eigenvalue weighted by Crippen LogP contribution is 2.30. The Labute approximate surface area is 151 Å². The quantitative estimate of drug-likeness (QED) is 0.455. The minimum absolute atomic E-state index is 0.0595. The van der Waals surface area contributed by atoms with E-state index in [1.54, 1.807) is 40.3 Å². The van der Waals surface area contributed by atoms with Crippen LogP contribution in [0.2, 0.25) is 0 Å². The first-order chi connectivity index (χ1) is 11.5. The first kappa shape index (κ1) is 18.2. The molecule has 124 valence electrons. The zero-order valence-electron chi connectivity index (χ0n) is 13.5. The summed E-state index contributed by atoms with van der Waals surface area (Å²) in [4.78, 5) is 27.5. The van der Waals surface area contributed by atoms with Crippen molar-refractivity contribution in [1.82, 2.24) is 4.90 Å². The lowest BCUT2D eigenvalue weighted by Gasteiger charge is -2.15. The van der Waals surface area contributed by atoms with Crippen molar-refractivity contribution in [2.45, 2.75) is 13.8 Å². The molecule has 2 rings (SSSR count). The monoisotopic (exact) mass is 358 g/mol. The number of likely N-dealkylation sites (N-methyl/N-ethyl adjacent to an activating group) is 1. The van der Waals surface area contributed by atoms with Gasteiger partial charge in [-0.2, -0.15) is 0 Å². The molecule has 1 aliphatic rings. The average molecular weight is 358 g/mol. The van der Waals surface area contributed by atoms with Crippen LogP contribution in [0.25, 0.3) is 0 Å². The Hall–Kier alpha value is -2.18. The highest BCUT2D eigenvalue weighted by molar-refractivity contribution is 8.26. The number of carbonyl (C=O) groups is 2. The molecular weight excluding hydrogens is 340 g/mol. The second-order valence-electron chi connectivity index (χ2n) is 4.90. The van der Waals surface area contributed by atoms with E-state index in [9.17, 15) is 9.59 Å². The third-order valence-electron chi connectivity index (χ3n) is 3.27. The molecule has 0 unspecified atom stereocenters. The van der Waals surface area contributed by atoms with Crippen molar-refractivity contribution >= 4 is 45.8 Å². The summed E-state index contributed by atoms with van der Waals surface area (Å²) >= 11 is 6.46. The van der Waals surface area contributed by atoms with Crippen molar-refractivity contribution in [2.75, 3.05) is 11.4 Å². The van der Waals surface area contributed by atoms with Gasteiger partial charge >= 0.3 is 0 Å². The van der Waals surface area contributed by atoms with Gasteiger partial charge in [-0.15, -0.1) is 0 Å². The Bertz CT molecular complexity index is 724. The summed E-state index contributed by atoms with van der Waals surface area (Å²) in [6.07, 6.45) is 8.73.